The summed E-state index contributed by atoms with van der Waals surface area (Å²) in [6.45, 7) is 3.61. The number of carbonyl (C=O) groups is 1. The highest BCUT2D eigenvalue weighted by Crippen LogP contribution is 2.30. The third-order valence-electron chi connectivity index (χ3n) is 3.50. The van der Waals surface area contributed by atoms with Crippen LogP contribution in [0.3, 0.4) is 0 Å². The first-order valence-electron chi connectivity index (χ1n) is 6.75. The van der Waals surface area contributed by atoms with E-state index in [2.05, 4.69) is 0 Å². The third kappa shape index (κ3) is 3.60. The Bertz CT molecular complexity index is 674. The summed E-state index contributed by atoms with van der Waals surface area (Å²) in [6, 6.07) is 6.02. The van der Waals surface area contributed by atoms with Crippen molar-refractivity contribution in [1.29, 1.82) is 0 Å². The standard InChI is InChI=1S/C14H18ClNO5S/c1-14(2)9-21-11(7-13(17)18)8-16(14)22(19,20)12-5-3-4-10(15)6-12/h3-6,11H,7-9H2,1-2H3,(H,17,18). The maximum absolute atomic E-state index is 12.9. The van der Waals surface area contributed by atoms with Gasteiger partial charge in [-0.15, -0.1) is 0 Å². The summed E-state index contributed by atoms with van der Waals surface area (Å²) in [4.78, 5) is 10.9. The van der Waals surface area contributed by atoms with Crippen molar-refractivity contribution in [2.75, 3.05) is 13.2 Å². The first kappa shape index (κ1) is 17.2. The van der Waals surface area contributed by atoms with Crippen molar-refractivity contribution < 1.29 is 23.1 Å². The van der Waals surface area contributed by atoms with Crippen LogP contribution in [-0.2, 0) is 19.6 Å². The van der Waals surface area contributed by atoms with E-state index in [1.165, 1.54) is 16.4 Å². The Labute approximate surface area is 134 Å². The van der Waals surface area contributed by atoms with Gasteiger partial charge in [0.05, 0.1) is 29.6 Å². The molecule has 22 heavy (non-hydrogen) atoms. The molecule has 1 heterocycles. The number of morpholine rings is 1. The quantitative estimate of drug-likeness (QED) is 0.900. The Morgan fingerprint density at radius 1 is 1.50 bits per heavy atom. The lowest BCUT2D eigenvalue weighted by Crippen LogP contribution is -2.58. The monoisotopic (exact) mass is 347 g/mol. The number of hydrogen-bond donors (Lipinski definition) is 1. The lowest BCUT2D eigenvalue weighted by Gasteiger charge is -2.43. The molecule has 1 aliphatic heterocycles. The van der Waals surface area contributed by atoms with Gasteiger partial charge in [-0.3, -0.25) is 4.79 Å². The highest BCUT2D eigenvalue weighted by Gasteiger charge is 2.43. The molecular formula is C14H18ClNO5S. The number of sulfonamides is 1. The number of carboxylic acid groups (broad SMARTS) is 1. The van der Waals surface area contributed by atoms with Gasteiger partial charge in [-0.05, 0) is 32.0 Å². The van der Waals surface area contributed by atoms with Gasteiger partial charge >= 0.3 is 5.97 Å². The van der Waals surface area contributed by atoms with Crippen LogP contribution in [0.1, 0.15) is 20.3 Å². The molecule has 2 rings (SSSR count). The molecule has 1 aliphatic rings. The van der Waals surface area contributed by atoms with E-state index in [4.69, 9.17) is 21.4 Å². The Hall–Kier alpha value is -1.15. The summed E-state index contributed by atoms with van der Waals surface area (Å²) >= 11 is 5.87. The predicted octanol–water partition coefficient (Wildman–Crippen LogP) is 1.98. The lowest BCUT2D eigenvalue weighted by molar-refractivity contribution is -0.143. The average Bonchev–Trinajstić information content (AvgIpc) is 2.40. The molecule has 0 spiro atoms. The van der Waals surface area contributed by atoms with Gasteiger partial charge in [0.25, 0.3) is 0 Å². The zero-order chi connectivity index (χ0) is 16.5. The minimum absolute atomic E-state index is 0.00581. The van der Waals surface area contributed by atoms with Gasteiger partial charge in [0.15, 0.2) is 0 Å². The minimum Gasteiger partial charge on any atom is -0.481 e. The zero-order valence-corrected chi connectivity index (χ0v) is 13.9. The zero-order valence-electron chi connectivity index (χ0n) is 12.3. The van der Waals surface area contributed by atoms with Crippen LogP contribution in [0.25, 0.3) is 0 Å². The van der Waals surface area contributed by atoms with E-state index in [-0.39, 0.29) is 24.5 Å². The lowest BCUT2D eigenvalue weighted by atomic mass is 10.0. The fraction of sp³-hybridized carbons (Fsp3) is 0.500. The van der Waals surface area contributed by atoms with Gasteiger partial charge in [-0.2, -0.15) is 4.31 Å². The molecule has 8 heteroatoms. The molecule has 1 fully saturated rings. The highest BCUT2D eigenvalue weighted by atomic mass is 35.5. The van der Waals surface area contributed by atoms with Crippen molar-refractivity contribution in [2.45, 2.75) is 36.8 Å². The topological polar surface area (TPSA) is 83.9 Å². The van der Waals surface area contributed by atoms with Crippen LogP contribution in [0, 0.1) is 0 Å². The predicted molar refractivity (Wildman–Crippen MR) is 81.4 cm³/mol. The Morgan fingerprint density at radius 3 is 2.77 bits per heavy atom. The molecule has 1 saturated heterocycles. The Kier molecular flexibility index (Phi) is 4.81. The van der Waals surface area contributed by atoms with E-state index in [1.807, 2.05) is 0 Å². The van der Waals surface area contributed by atoms with E-state index in [1.54, 1.807) is 26.0 Å². The average molecular weight is 348 g/mol. The van der Waals surface area contributed by atoms with Gasteiger partial charge in [0.2, 0.25) is 10.0 Å². The van der Waals surface area contributed by atoms with E-state index < -0.39 is 27.6 Å². The number of carboxylic acids is 1. The summed E-state index contributed by atoms with van der Waals surface area (Å²) in [5, 5.41) is 9.20. The molecule has 1 N–H and O–H groups in total. The van der Waals surface area contributed by atoms with E-state index >= 15 is 0 Å². The molecule has 0 aromatic heterocycles. The molecule has 0 radical (unpaired) electrons. The minimum atomic E-state index is -3.78. The first-order valence-corrected chi connectivity index (χ1v) is 8.56. The molecule has 1 aromatic rings. The molecule has 1 unspecified atom stereocenters. The largest absolute Gasteiger partial charge is 0.481 e. The molecule has 0 bridgehead atoms. The molecular weight excluding hydrogens is 330 g/mol. The Balaban J connectivity index is 2.35. The van der Waals surface area contributed by atoms with Gasteiger partial charge in [0, 0.05) is 11.6 Å². The van der Waals surface area contributed by atoms with Gasteiger partial charge < -0.3 is 9.84 Å². The summed E-state index contributed by atoms with van der Waals surface area (Å²) in [5.74, 6) is -1.02. The third-order valence-corrected chi connectivity index (χ3v) is 5.81. The maximum atomic E-state index is 12.9. The van der Waals surface area contributed by atoms with Crippen molar-refractivity contribution in [3.63, 3.8) is 0 Å². The fourth-order valence-electron chi connectivity index (χ4n) is 2.37. The van der Waals surface area contributed by atoms with E-state index in [0.717, 1.165) is 0 Å². The number of halogens is 1. The smallest absolute Gasteiger partial charge is 0.306 e. The van der Waals surface area contributed by atoms with E-state index in [0.29, 0.717) is 5.02 Å². The van der Waals surface area contributed by atoms with E-state index in [9.17, 15) is 13.2 Å². The van der Waals surface area contributed by atoms with Crippen LogP contribution in [0.15, 0.2) is 29.2 Å². The maximum Gasteiger partial charge on any atom is 0.306 e. The van der Waals surface area contributed by atoms with Crippen LogP contribution in [0.4, 0.5) is 0 Å². The summed E-state index contributed by atoms with van der Waals surface area (Å²) in [7, 11) is -3.78. The van der Waals surface area contributed by atoms with Crippen LogP contribution in [-0.4, -0.2) is 48.6 Å². The number of benzene rings is 1. The summed E-state index contributed by atoms with van der Waals surface area (Å²) in [5.41, 5.74) is -0.768. The Morgan fingerprint density at radius 2 is 2.18 bits per heavy atom. The van der Waals surface area contributed by atoms with Gasteiger partial charge in [0.1, 0.15) is 0 Å². The van der Waals surface area contributed by atoms with Crippen molar-refractivity contribution >= 4 is 27.6 Å². The van der Waals surface area contributed by atoms with Crippen LogP contribution in [0.5, 0.6) is 0 Å². The number of hydrogen-bond acceptors (Lipinski definition) is 4. The van der Waals surface area contributed by atoms with Crippen molar-refractivity contribution in [1.82, 2.24) is 4.31 Å². The molecule has 0 amide bonds. The molecule has 6 nitrogen and oxygen atoms in total. The normalized spacial score (nSPS) is 22.4. The molecule has 0 saturated carbocycles. The van der Waals surface area contributed by atoms with Gasteiger partial charge in [-0.1, -0.05) is 17.7 Å². The summed E-state index contributed by atoms with van der Waals surface area (Å²) in [6.07, 6.45) is -0.906. The molecule has 122 valence electrons. The number of aliphatic carboxylic acids is 1. The highest BCUT2D eigenvalue weighted by molar-refractivity contribution is 7.89. The second-order valence-electron chi connectivity index (χ2n) is 5.84. The summed E-state index contributed by atoms with van der Waals surface area (Å²) < 4.78 is 32.5. The molecule has 1 aromatic carbocycles. The number of nitrogens with zero attached hydrogens (tertiary/aromatic N) is 1. The van der Waals surface area contributed by atoms with Crippen molar-refractivity contribution in [3.05, 3.63) is 29.3 Å². The van der Waals surface area contributed by atoms with Crippen LogP contribution >= 0.6 is 11.6 Å². The van der Waals surface area contributed by atoms with Crippen molar-refractivity contribution in [3.8, 4) is 0 Å². The second-order valence-corrected chi connectivity index (χ2v) is 8.14. The van der Waals surface area contributed by atoms with Crippen LogP contribution < -0.4 is 0 Å². The van der Waals surface area contributed by atoms with Gasteiger partial charge in [-0.25, -0.2) is 8.42 Å². The molecule has 1 atom stereocenters. The van der Waals surface area contributed by atoms with Crippen molar-refractivity contribution in [2.24, 2.45) is 0 Å². The number of ether oxygens (including phenoxy) is 1. The first-order chi connectivity index (χ1) is 10.1. The van der Waals surface area contributed by atoms with Crippen LogP contribution in [0.2, 0.25) is 5.02 Å². The fourth-order valence-corrected chi connectivity index (χ4v) is 4.48. The SMILES string of the molecule is CC1(C)COC(CC(=O)O)CN1S(=O)(=O)c1cccc(Cl)c1. The molecule has 0 aliphatic carbocycles. The second kappa shape index (κ2) is 6.16. The number of rotatable bonds is 4.